The smallest absolute Gasteiger partial charge is 0.408 e. The van der Waals surface area contributed by atoms with Gasteiger partial charge in [-0.15, -0.1) is 0 Å². The molecule has 0 bridgehead atoms. The summed E-state index contributed by atoms with van der Waals surface area (Å²) in [7, 11) is 3.12. The number of imidazole rings is 1. The van der Waals surface area contributed by atoms with Gasteiger partial charge < -0.3 is 56.0 Å². The van der Waals surface area contributed by atoms with Gasteiger partial charge in [-0.05, 0) is 43.4 Å². The summed E-state index contributed by atoms with van der Waals surface area (Å²) in [6, 6.07) is 3.24. The number of nitrogens with zero attached hydrogens (tertiary/aromatic N) is 4. The Morgan fingerprint density at radius 1 is 1.03 bits per heavy atom. The maximum Gasteiger partial charge on any atom is 0.408 e. The highest BCUT2D eigenvalue weighted by Crippen LogP contribution is 2.37. The van der Waals surface area contributed by atoms with Crippen molar-refractivity contribution in [3.05, 3.63) is 54.6 Å². The van der Waals surface area contributed by atoms with Crippen LogP contribution in [-0.2, 0) is 56.6 Å². The minimum absolute atomic E-state index is 0.142. The quantitative estimate of drug-likeness (QED) is 0.0500. The van der Waals surface area contributed by atoms with E-state index in [-0.39, 0.29) is 25.5 Å². The maximum absolute atomic E-state index is 13.6. The van der Waals surface area contributed by atoms with Gasteiger partial charge in [0.15, 0.2) is 5.52 Å². The number of carbonyl (C=O) groups is 7. The highest BCUT2D eigenvalue weighted by molar-refractivity contribution is 6.13. The third-order valence-corrected chi connectivity index (χ3v) is 10.9. The lowest BCUT2D eigenvalue weighted by atomic mass is 9.94. The van der Waals surface area contributed by atoms with Crippen molar-refractivity contribution in [2.75, 3.05) is 30.9 Å². The number of hydrogen-bond acceptors (Lipinski definition) is 15. The number of ether oxygens (including phenoxy) is 3. The van der Waals surface area contributed by atoms with Gasteiger partial charge in [-0.3, -0.25) is 39.0 Å². The van der Waals surface area contributed by atoms with E-state index in [9.17, 15) is 43.8 Å². The lowest BCUT2D eigenvalue weighted by molar-refractivity contribution is -0.659. The summed E-state index contributed by atoms with van der Waals surface area (Å²) in [5.74, 6) is -3.16. The van der Waals surface area contributed by atoms with E-state index in [1.807, 2.05) is 0 Å². The van der Waals surface area contributed by atoms with Crippen molar-refractivity contribution < 1.29 is 62.6 Å². The zero-order chi connectivity index (χ0) is 45.6. The van der Waals surface area contributed by atoms with Crippen LogP contribution >= 0.6 is 0 Å². The summed E-state index contributed by atoms with van der Waals surface area (Å²) in [4.78, 5) is 101. The van der Waals surface area contributed by atoms with E-state index in [1.165, 1.54) is 20.4 Å². The third kappa shape index (κ3) is 10.7. The van der Waals surface area contributed by atoms with E-state index in [1.54, 1.807) is 56.1 Å². The van der Waals surface area contributed by atoms with Gasteiger partial charge in [0.25, 0.3) is 23.3 Å². The molecule has 2 fully saturated rings. The van der Waals surface area contributed by atoms with Crippen LogP contribution in [0.15, 0.2) is 49.1 Å². The van der Waals surface area contributed by atoms with Crippen molar-refractivity contribution in [3.63, 3.8) is 0 Å². The number of hydrogen-bond donors (Lipinski definition) is 9. The molecule has 0 radical (unpaired) electrons. The van der Waals surface area contributed by atoms with E-state index in [4.69, 9.17) is 14.2 Å². The number of anilines is 2. The average Bonchev–Trinajstić information content (AvgIpc) is 3.74. The Morgan fingerprint density at radius 2 is 1.73 bits per heavy atom. The molecule has 23 nitrogen and oxygen atoms in total. The SMILES string of the molecule is CO[C@H]1[C@H](O)[C@@H](NC(=O)C2(NC(=O)OCc3ccc(NC(=O)[C@H](C)NC(=O)[C@@H](NC(=O)CCN4C(=O)C=CC4=O)C(C)C)cc3)CC2)[C@H](CO)O[C@@H]1Nc1c2[nH]cnc2nc[n+]1C. The molecule has 7 amide bonds. The van der Waals surface area contributed by atoms with Crippen LogP contribution in [0.1, 0.15) is 45.6 Å². The van der Waals surface area contributed by atoms with Crippen LogP contribution in [-0.4, -0.2) is 140 Å². The first-order valence-electron chi connectivity index (χ1n) is 20.2. The van der Waals surface area contributed by atoms with Crippen molar-refractivity contribution in [1.29, 1.82) is 0 Å². The van der Waals surface area contributed by atoms with Gasteiger partial charge in [0, 0.05) is 37.9 Å². The molecule has 3 aromatic rings. The van der Waals surface area contributed by atoms with Crippen LogP contribution in [0.25, 0.3) is 11.2 Å². The van der Waals surface area contributed by atoms with E-state index < -0.39 is 96.3 Å². The van der Waals surface area contributed by atoms with Gasteiger partial charge >= 0.3 is 6.09 Å². The number of aliphatic hydroxyl groups excluding tert-OH is 2. The highest BCUT2D eigenvalue weighted by Gasteiger charge is 2.55. The fourth-order valence-electron chi connectivity index (χ4n) is 7.06. The fourth-order valence-corrected chi connectivity index (χ4v) is 7.06. The number of benzene rings is 1. The number of fused-ring (bicyclic) bond motifs is 1. The Hall–Kier alpha value is -6.56. The molecule has 3 aliphatic rings. The monoisotopic (exact) mass is 878 g/mol. The van der Waals surface area contributed by atoms with Crippen LogP contribution in [0.3, 0.4) is 0 Å². The number of amides is 7. The molecular weight excluding hydrogens is 827 g/mol. The summed E-state index contributed by atoms with van der Waals surface area (Å²) in [6.45, 7) is 4.02. The zero-order valence-corrected chi connectivity index (χ0v) is 35.2. The second kappa shape index (κ2) is 19.7. The largest absolute Gasteiger partial charge is 0.445 e. The molecule has 6 rings (SSSR count). The van der Waals surface area contributed by atoms with Crippen molar-refractivity contribution in [3.8, 4) is 0 Å². The van der Waals surface area contributed by atoms with Gasteiger partial charge in [0.05, 0.1) is 26.0 Å². The number of aromatic amines is 1. The number of methoxy groups -OCH3 is 1. The Balaban J connectivity index is 0.947. The molecule has 23 heteroatoms. The summed E-state index contributed by atoms with van der Waals surface area (Å²) < 4.78 is 18.8. The fraction of sp³-hybridized carbons (Fsp3) is 0.500. The summed E-state index contributed by atoms with van der Waals surface area (Å²) in [5.41, 5.74) is 0.629. The number of imide groups is 1. The molecule has 338 valence electrons. The Labute approximate surface area is 360 Å². The predicted molar refractivity (Wildman–Crippen MR) is 218 cm³/mol. The number of aryl methyl sites for hydroxylation is 1. The van der Waals surface area contributed by atoms with E-state index in [0.29, 0.717) is 41.1 Å². The minimum atomic E-state index is -1.35. The number of rotatable bonds is 18. The molecule has 4 heterocycles. The first-order chi connectivity index (χ1) is 30.0. The Bertz CT molecular complexity index is 2230. The van der Waals surface area contributed by atoms with Crippen LogP contribution in [0.5, 0.6) is 0 Å². The summed E-state index contributed by atoms with van der Waals surface area (Å²) in [6.07, 6.45) is 0.381. The Kier molecular flexibility index (Phi) is 14.3. The molecule has 2 aliphatic heterocycles. The Morgan fingerprint density at radius 3 is 2.37 bits per heavy atom. The maximum atomic E-state index is 13.6. The van der Waals surface area contributed by atoms with Crippen molar-refractivity contribution in [2.45, 2.75) is 94.8 Å². The number of carbonyl (C=O) groups excluding carboxylic acids is 7. The van der Waals surface area contributed by atoms with Crippen LogP contribution in [0.4, 0.5) is 16.3 Å². The van der Waals surface area contributed by atoms with Crippen LogP contribution in [0, 0.1) is 5.92 Å². The number of aliphatic hydroxyl groups is 2. The molecule has 2 aromatic heterocycles. The molecular formula is C40H52N11O12+. The van der Waals surface area contributed by atoms with Crippen molar-refractivity contribution in [1.82, 2.24) is 41.1 Å². The molecule has 1 aromatic carbocycles. The number of alkyl carbamates (subject to hydrolysis) is 1. The molecule has 1 saturated carbocycles. The molecule has 63 heavy (non-hydrogen) atoms. The third-order valence-electron chi connectivity index (χ3n) is 10.9. The number of nitrogens with one attached hydrogen (secondary N) is 7. The number of aromatic nitrogens is 4. The highest BCUT2D eigenvalue weighted by atomic mass is 16.6. The first-order valence-corrected chi connectivity index (χ1v) is 20.2. The van der Waals surface area contributed by atoms with Crippen molar-refractivity contribution in [2.24, 2.45) is 13.0 Å². The summed E-state index contributed by atoms with van der Waals surface area (Å²) >= 11 is 0. The lowest BCUT2D eigenvalue weighted by Crippen LogP contribution is -2.68. The van der Waals surface area contributed by atoms with Gasteiger partial charge in [-0.1, -0.05) is 31.0 Å². The first kappa shape index (κ1) is 46.0. The standard InChI is InChI=1S/C40H51N11O12/c1-20(2)28(46-25(53)12-15-51-26(54)10-11-27(51)55)36(58)44-21(3)35(57)45-23-8-6-22(7-9-23)17-62-39(60)49-40(13-14-40)38(59)47-29-24(16-52)63-37(32(61-5)31(29)56)48-34-30-33(42-18-41-30)43-19-50(34)4/h6-11,18-21,24,28-29,31-32,37,52,56H,12-17H2,1-5H3,(H6,41,42,44,45,46,47,48,49,53,57,58,59,60)/p+1/t21-,24-,28-,29-,31+,32-,37-/m0/s1. The lowest BCUT2D eigenvalue weighted by Gasteiger charge is -2.43. The molecule has 9 N–H and O–H groups in total. The van der Waals surface area contributed by atoms with Gasteiger partial charge in [0.1, 0.15) is 42.5 Å². The molecule has 0 spiro atoms. The van der Waals surface area contributed by atoms with Gasteiger partial charge in [-0.25, -0.2) is 14.3 Å². The molecule has 1 aliphatic carbocycles. The van der Waals surface area contributed by atoms with Crippen LogP contribution < -0.4 is 36.5 Å². The normalized spacial score (nSPS) is 22.3. The van der Waals surface area contributed by atoms with E-state index in [0.717, 1.165) is 17.1 Å². The average molecular weight is 879 g/mol. The second-order valence-corrected chi connectivity index (χ2v) is 15.8. The van der Waals surface area contributed by atoms with Crippen LogP contribution in [0.2, 0.25) is 0 Å². The van der Waals surface area contributed by atoms with Gasteiger partial charge in [0.2, 0.25) is 36.2 Å². The summed E-state index contributed by atoms with van der Waals surface area (Å²) in [5, 5.41) is 38.1. The minimum Gasteiger partial charge on any atom is -0.445 e. The molecule has 7 atom stereocenters. The molecule has 1 saturated heterocycles. The van der Waals surface area contributed by atoms with E-state index >= 15 is 0 Å². The second-order valence-electron chi connectivity index (χ2n) is 15.8. The topological polar surface area (TPSA) is 309 Å². The zero-order valence-electron chi connectivity index (χ0n) is 35.2. The molecule has 0 unspecified atom stereocenters. The number of H-pyrrole nitrogens is 1. The predicted octanol–water partition coefficient (Wildman–Crippen LogP) is -1.87. The van der Waals surface area contributed by atoms with Crippen molar-refractivity contribution >= 4 is 64.2 Å². The van der Waals surface area contributed by atoms with Gasteiger partial charge in [-0.2, -0.15) is 0 Å². The van der Waals surface area contributed by atoms with E-state index in [2.05, 4.69) is 46.9 Å².